The number of likely N-dealkylation sites (N-methyl/N-ethyl adjacent to an activating group) is 1. The Morgan fingerprint density at radius 1 is 1.13 bits per heavy atom. The first-order valence-corrected chi connectivity index (χ1v) is 12.7. The number of fused-ring (bicyclic) bond motifs is 1. The van der Waals surface area contributed by atoms with Crippen molar-refractivity contribution in [3.05, 3.63) is 48.2 Å². The molecule has 1 unspecified atom stereocenters. The minimum absolute atomic E-state index is 0.0672. The van der Waals surface area contributed by atoms with Crippen LogP contribution < -0.4 is 10.3 Å². The van der Waals surface area contributed by atoms with Crippen LogP contribution in [-0.2, 0) is 16.0 Å². The van der Waals surface area contributed by atoms with Gasteiger partial charge in [0, 0.05) is 51.6 Å². The van der Waals surface area contributed by atoms with E-state index >= 15 is 0 Å². The summed E-state index contributed by atoms with van der Waals surface area (Å²) in [6, 6.07) is 6.89. The molecular formula is C26H32N10O2. The summed E-state index contributed by atoms with van der Waals surface area (Å²) in [5.41, 5.74) is 0.459. The molecule has 198 valence electrons. The van der Waals surface area contributed by atoms with Crippen molar-refractivity contribution >= 4 is 23.4 Å². The number of aromatic nitrogens is 5. The third kappa shape index (κ3) is 4.65. The molecule has 38 heavy (non-hydrogen) atoms. The second-order valence-corrected chi connectivity index (χ2v) is 11.1. The molecule has 2 aliphatic heterocycles. The van der Waals surface area contributed by atoms with Gasteiger partial charge in [-0.1, -0.05) is 20.8 Å². The minimum Gasteiger partial charge on any atom is -0.342 e. The van der Waals surface area contributed by atoms with E-state index in [2.05, 4.69) is 51.1 Å². The number of amides is 2. The van der Waals surface area contributed by atoms with Gasteiger partial charge in [0.25, 0.3) is 0 Å². The van der Waals surface area contributed by atoms with Gasteiger partial charge in [0.1, 0.15) is 17.6 Å². The van der Waals surface area contributed by atoms with Crippen LogP contribution in [0.15, 0.2) is 36.8 Å². The summed E-state index contributed by atoms with van der Waals surface area (Å²) in [5, 5.41) is 21.1. The van der Waals surface area contributed by atoms with Crippen molar-refractivity contribution < 1.29 is 9.59 Å². The quantitative estimate of drug-likeness (QED) is 0.530. The number of nitriles is 1. The van der Waals surface area contributed by atoms with Crippen LogP contribution in [0.2, 0.25) is 0 Å². The molecule has 0 aliphatic carbocycles. The number of nitrogens with zero attached hydrogens (tertiary/aromatic N) is 9. The van der Waals surface area contributed by atoms with Gasteiger partial charge >= 0.3 is 0 Å². The molecule has 0 aromatic carbocycles. The van der Waals surface area contributed by atoms with Gasteiger partial charge < -0.3 is 10.2 Å². The van der Waals surface area contributed by atoms with Crippen molar-refractivity contribution in [1.29, 1.82) is 5.26 Å². The summed E-state index contributed by atoms with van der Waals surface area (Å²) in [6.07, 6.45) is 6.34. The van der Waals surface area contributed by atoms with E-state index in [1.54, 1.807) is 41.1 Å². The summed E-state index contributed by atoms with van der Waals surface area (Å²) < 4.78 is 1.63. The molecule has 5 rings (SSSR count). The fraction of sp³-hybridized carbons (Fsp3) is 0.500. The number of pyridine rings is 1. The Balaban J connectivity index is 1.39. The van der Waals surface area contributed by atoms with Crippen LogP contribution in [0.1, 0.15) is 45.0 Å². The van der Waals surface area contributed by atoms with Gasteiger partial charge in [-0.05, 0) is 36.0 Å². The number of carbonyl (C=O) groups is 2. The van der Waals surface area contributed by atoms with E-state index in [-0.39, 0.29) is 23.1 Å². The van der Waals surface area contributed by atoms with Gasteiger partial charge in [0.05, 0.1) is 6.20 Å². The lowest BCUT2D eigenvalue weighted by atomic mass is 9.82. The molecule has 0 bridgehead atoms. The van der Waals surface area contributed by atoms with Crippen molar-refractivity contribution in [3.63, 3.8) is 0 Å². The summed E-state index contributed by atoms with van der Waals surface area (Å²) in [4.78, 5) is 41.3. The molecular weight excluding hydrogens is 484 g/mol. The fourth-order valence-corrected chi connectivity index (χ4v) is 5.29. The van der Waals surface area contributed by atoms with E-state index in [0.717, 1.165) is 5.56 Å². The highest BCUT2D eigenvalue weighted by molar-refractivity contribution is 6.00. The molecule has 1 N–H and O–H groups in total. The van der Waals surface area contributed by atoms with Gasteiger partial charge in [-0.15, -0.1) is 0 Å². The number of nitrogens with one attached hydrogen (secondary N) is 1. The molecule has 1 spiro atoms. The maximum absolute atomic E-state index is 13.5. The third-order valence-corrected chi connectivity index (χ3v) is 7.29. The van der Waals surface area contributed by atoms with Crippen molar-refractivity contribution in [2.75, 3.05) is 31.7 Å². The number of hydrogen-bond donors (Lipinski definition) is 1. The van der Waals surface area contributed by atoms with Gasteiger partial charge in [-0.2, -0.15) is 24.8 Å². The van der Waals surface area contributed by atoms with Crippen LogP contribution in [0.5, 0.6) is 0 Å². The normalized spacial score (nSPS) is 20.0. The topological polar surface area (TPSA) is 136 Å². The maximum Gasteiger partial charge on any atom is 0.246 e. The Labute approximate surface area is 221 Å². The third-order valence-electron chi connectivity index (χ3n) is 7.29. The highest BCUT2D eigenvalue weighted by Crippen LogP contribution is 2.34. The van der Waals surface area contributed by atoms with Crippen LogP contribution in [0.3, 0.4) is 0 Å². The monoisotopic (exact) mass is 516 g/mol. The zero-order valence-electron chi connectivity index (χ0n) is 22.1. The number of hydrogen-bond acceptors (Lipinski definition) is 9. The minimum atomic E-state index is -0.916. The zero-order chi connectivity index (χ0) is 27.1. The van der Waals surface area contributed by atoms with E-state index in [4.69, 9.17) is 0 Å². The summed E-state index contributed by atoms with van der Waals surface area (Å²) in [5.74, 6) is 0.355. The second kappa shape index (κ2) is 9.64. The molecule has 3 aromatic rings. The van der Waals surface area contributed by atoms with E-state index in [9.17, 15) is 14.9 Å². The molecule has 5 heterocycles. The first kappa shape index (κ1) is 25.5. The number of hydrazine groups is 1. The Hall–Kier alpha value is -4.11. The smallest absolute Gasteiger partial charge is 0.246 e. The van der Waals surface area contributed by atoms with Crippen LogP contribution in [0, 0.1) is 16.7 Å². The lowest BCUT2D eigenvalue weighted by molar-refractivity contribution is -0.158. The Kier molecular flexibility index (Phi) is 6.48. The number of piperidine rings is 1. The fourth-order valence-electron chi connectivity index (χ4n) is 5.29. The highest BCUT2D eigenvalue weighted by atomic mass is 16.2. The largest absolute Gasteiger partial charge is 0.342 e. The first-order valence-electron chi connectivity index (χ1n) is 12.7. The number of anilines is 1. The zero-order valence-corrected chi connectivity index (χ0v) is 22.1. The average Bonchev–Trinajstić information content (AvgIpc) is 3.38. The molecule has 12 heteroatoms. The van der Waals surface area contributed by atoms with E-state index in [1.807, 2.05) is 23.2 Å². The molecule has 2 saturated heterocycles. The average molecular weight is 517 g/mol. The predicted octanol–water partition coefficient (Wildman–Crippen LogP) is 1.19. The molecule has 2 aliphatic rings. The molecule has 3 aromatic heterocycles. The second-order valence-electron chi connectivity index (χ2n) is 11.1. The maximum atomic E-state index is 13.5. The van der Waals surface area contributed by atoms with Crippen molar-refractivity contribution in [1.82, 2.24) is 39.8 Å². The van der Waals surface area contributed by atoms with Gasteiger partial charge in [0.2, 0.25) is 23.6 Å². The van der Waals surface area contributed by atoms with Crippen molar-refractivity contribution in [2.45, 2.75) is 51.6 Å². The van der Waals surface area contributed by atoms with E-state index < -0.39 is 11.6 Å². The Morgan fingerprint density at radius 3 is 2.50 bits per heavy atom. The Morgan fingerprint density at radius 2 is 1.84 bits per heavy atom. The standard InChI is InChI=1S/C26H32N10O2/c1-25(2,3)17-35(24-32-20(16-27)31-21-7-12-29-36(21)24)34-13-8-26(9-14-34)23(38)30-19(22(37)33(26)4)15-18-5-10-28-11-6-18/h5-7,10-12,19H,8-9,13-15,17H2,1-4H3,(H,30,38). The number of piperazine rings is 1. The van der Waals surface area contributed by atoms with Crippen molar-refractivity contribution in [2.24, 2.45) is 5.41 Å². The van der Waals surface area contributed by atoms with Gasteiger partial charge in [0.15, 0.2) is 5.65 Å². The summed E-state index contributed by atoms with van der Waals surface area (Å²) in [7, 11) is 1.74. The van der Waals surface area contributed by atoms with Crippen LogP contribution in [-0.4, -0.2) is 84.6 Å². The van der Waals surface area contributed by atoms with Crippen LogP contribution >= 0.6 is 0 Å². The SMILES string of the molecule is CN1C(=O)C(Cc2ccncc2)NC(=O)C12CCN(N(CC(C)(C)C)c1nc(C#N)nc3ccnn13)CC2. The predicted molar refractivity (Wildman–Crippen MR) is 138 cm³/mol. The lowest BCUT2D eigenvalue weighted by Gasteiger charge is -2.52. The van der Waals surface area contributed by atoms with Crippen molar-refractivity contribution in [3.8, 4) is 6.07 Å². The number of carbonyl (C=O) groups excluding carboxylic acids is 2. The molecule has 0 saturated carbocycles. The molecule has 0 radical (unpaired) electrons. The van der Waals surface area contributed by atoms with Crippen LogP contribution in [0.4, 0.5) is 5.95 Å². The first-order chi connectivity index (χ1) is 18.1. The van der Waals surface area contributed by atoms with E-state index in [0.29, 0.717) is 50.5 Å². The highest BCUT2D eigenvalue weighted by Gasteiger charge is 2.52. The number of rotatable bonds is 5. The van der Waals surface area contributed by atoms with Gasteiger partial charge in [-0.25, -0.2) is 5.01 Å². The molecule has 2 fully saturated rings. The Bertz CT molecular complexity index is 1380. The van der Waals surface area contributed by atoms with Crippen LogP contribution in [0.25, 0.3) is 5.65 Å². The molecule has 2 amide bonds. The lowest BCUT2D eigenvalue weighted by Crippen LogP contribution is -2.72. The summed E-state index contributed by atoms with van der Waals surface area (Å²) in [6.45, 7) is 8.02. The van der Waals surface area contributed by atoms with E-state index in [1.165, 1.54) is 0 Å². The molecule has 12 nitrogen and oxygen atoms in total. The summed E-state index contributed by atoms with van der Waals surface area (Å²) >= 11 is 0. The molecule has 1 atom stereocenters. The van der Waals surface area contributed by atoms with Gasteiger partial charge in [-0.3, -0.25) is 19.6 Å².